The van der Waals surface area contributed by atoms with Gasteiger partial charge in [0.05, 0.1) is 15.9 Å². The van der Waals surface area contributed by atoms with Gasteiger partial charge in [0.1, 0.15) is 10.5 Å². The van der Waals surface area contributed by atoms with Crippen molar-refractivity contribution in [2.24, 2.45) is 11.8 Å². The molecule has 5 rings (SSSR count). The highest BCUT2D eigenvalue weighted by Gasteiger charge is 2.41. The van der Waals surface area contributed by atoms with Crippen molar-refractivity contribution >= 4 is 48.2 Å². The highest BCUT2D eigenvalue weighted by atomic mass is 79.9. The Morgan fingerprint density at radius 3 is 2.43 bits per heavy atom. The number of rotatable bonds is 4. The van der Waals surface area contributed by atoms with Gasteiger partial charge in [-0.15, -0.1) is 0 Å². The van der Waals surface area contributed by atoms with Crippen LogP contribution in [-0.2, 0) is 12.7 Å². The van der Waals surface area contributed by atoms with E-state index in [0.29, 0.717) is 54.9 Å². The maximum Gasteiger partial charge on any atom is 0.416 e. The molecule has 0 aliphatic carbocycles. The largest absolute Gasteiger partial charge is 0.416 e. The minimum absolute atomic E-state index is 0.123. The van der Waals surface area contributed by atoms with E-state index in [1.807, 2.05) is 4.90 Å². The molecule has 0 radical (unpaired) electrons. The zero-order valence-corrected chi connectivity index (χ0v) is 20.3. The van der Waals surface area contributed by atoms with Gasteiger partial charge in [-0.25, -0.2) is 4.39 Å². The molecule has 2 unspecified atom stereocenters. The van der Waals surface area contributed by atoms with Crippen molar-refractivity contribution < 1.29 is 22.5 Å². The number of non-ortho nitro benzene ring substituents is 1. The van der Waals surface area contributed by atoms with E-state index in [1.165, 1.54) is 6.07 Å². The number of aromatic nitrogens is 1. The minimum Gasteiger partial charge on any atom is -0.347 e. The summed E-state index contributed by atoms with van der Waals surface area (Å²) in [6, 6.07) is 6.04. The molecule has 0 saturated carbocycles. The molecule has 3 aromatic rings. The highest BCUT2D eigenvalue weighted by molar-refractivity contribution is 9.10. The standard InChI is InChI=1S/C22H17BrF4N4O3S/c23-15-2-1-11(17(24)5-15)6-29-7-12-9-30(10-13(12)8-29)21-28-20(32)16-3-14(22(25,26)27)4-18(31(33)34)19(16)35-21/h1-5,12-13H,6-10H2. The molecule has 0 amide bonds. The van der Waals surface area contributed by atoms with Crippen LogP contribution < -0.4 is 10.5 Å². The van der Waals surface area contributed by atoms with Crippen LogP contribution in [0.25, 0.3) is 10.1 Å². The number of nitro benzene ring substituents is 1. The average molecular weight is 573 g/mol. The number of hydrogen-bond donors (Lipinski definition) is 0. The van der Waals surface area contributed by atoms with E-state index in [0.717, 1.165) is 11.3 Å². The van der Waals surface area contributed by atoms with E-state index in [-0.39, 0.29) is 27.5 Å². The molecule has 184 valence electrons. The Bertz CT molecular complexity index is 1390. The van der Waals surface area contributed by atoms with E-state index in [9.17, 15) is 32.5 Å². The van der Waals surface area contributed by atoms with Gasteiger partial charge in [0.15, 0.2) is 5.13 Å². The molecule has 3 heterocycles. The number of nitrogens with zero attached hydrogens (tertiary/aromatic N) is 4. The zero-order valence-electron chi connectivity index (χ0n) is 17.9. The lowest BCUT2D eigenvalue weighted by atomic mass is 10.0. The smallest absolute Gasteiger partial charge is 0.347 e. The second kappa shape index (κ2) is 8.79. The van der Waals surface area contributed by atoms with Crippen LogP contribution in [0.1, 0.15) is 11.1 Å². The van der Waals surface area contributed by atoms with Crippen LogP contribution in [0.3, 0.4) is 0 Å². The van der Waals surface area contributed by atoms with Gasteiger partial charge in [-0.1, -0.05) is 33.3 Å². The molecule has 0 N–H and O–H groups in total. The normalized spacial score (nSPS) is 20.5. The number of alkyl halides is 3. The van der Waals surface area contributed by atoms with Crippen molar-refractivity contribution in [2.45, 2.75) is 12.7 Å². The number of fused-ring (bicyclic) bond motifs is 2. The molecular formula is C22H17BrF4N4O3S. The van der Waals surface area contributed by atoms with Gasteiger partial charge < -0.3 is 4.90 Å². The number of likely N-dealkylation sites (tertiary alicyclic amines) is 1. The third-order valence-electron chi connectivity index (χ3n) is 6.46. The van der Waals surface area contributed by atoms with Crippen molar-refractivity contribution in [3.05, 3.63) is 72.2 Å². The molecule has 0 bridgehead atoms. The first-order valence-corrected chi connectivity index (χ1v) is 12.2. The van der Waals surface area contributed by atoms with Gasteiger partial charge in [-0.3, -0.25) is 19.8 Å². The Hall–Kier alpha value is -2.64. The lowest BCUT2D eigenvalue weighted by Crippen LogP contribution is -2.29. The first-order valence-electron chi connectivity index (χ1n) is 10.6. The number of benzene rings is 2. The van der Waals surface area contributed by atoms with Crippen LogP contribution in [0.4, 0.5) is 28.4 Å². The molecule has 0 spiro atoms. The number of halogens is 5. The fraction of sp³-hybridized carbons (Fsp3) is 0.364. The average Bonchev–Trinajstić information content (AvgIpc) is 3.33. The van der Waals surface area contributed by atoms with Crippen molar-refractivity contribution in [3.8, 4) is 0 Å². The summed E-state index contributed by atoms with van der Waals surface area (Å²) < 4.78 is 54.3. The minimum atomic E-state index is -4.83. The monoisotopic (exact) mass is 572 g/mol. The van der Waals surface area contributed by atoms with Crippen molar-refractivity contribution in [1.82, 2.24) is 9.88 Å². The molecule has 35 heavy (non-hydrogen) atoms. The Morgan fingerprint density at radius 1 is 1.14 bits per heavy atom. The molecule has 7 nitrogen and oxygen atoms in total. The van der Waals surface area contributed by atoms with Crippen LogP contribution in [0.2, 0.25) is 0 Å². The summed E-state index contributed by atoms with van der Waals surface area (Å²) in [5.74, 6) is 0.185. The highest BCUT2D eigenvalue weighted by Crippen LogP contribution is 2.40. The Morgan fingerprint density at radius 2 is 1.83 bits per heavy atom. The van der Waals surface area contributed by atoms with E-state index >= 15 is 0 Å². The van der Waals surface area contributed by atoms with Gasteiger partial charge >= 0.3 is 6.18 Å². The van der Waals surface area contributed by atoms with Gasteiger partial charge in [-0.05, 0) is 30.0 Å². The summed E-state index contributed by atoms with van der Waals surface area (Å²) >= 11 is 4.10. The van der Waals surface area contributed by atoms with Gasteiger partial charge in [0, 0.05) is 48.8 Å². The fourth-order valence-electron chi connectivity index (χ4n) is 4.84. The summed E-state index contributed by atoms with van der Waals surface area (Å²) in [6.07, 6.45) is -4.83. The van der Waals surface area contributed by atoms with Crippen molar-refractivity contribution in [3.63, 3.8) is 0 Å². The van der Waals surface area contributed by atoms with E-state index in [4.69, 9.17) is 0 Å². The lowest BCUT2D eigenvalue weighted by molar-refractivity contribution is -0.383. The summed E-state index contributed by atoms with van der Waals surface area (Å²) in [7, 11) is 0. The molecule has 2 aliphatic heterocycles. The van der Waals surface area contributed by atoms with Crippen LogP contribution in [0, 0.1) is 27.8 Å². The Labute approximate surface area is 208 Å². The molecule has 1 aromatic heterocycles. The topological polar surface area (TPSA) is 79.6 Å². The van der Waals surface area contributed by atoms with Crippen LogP contribution in [0.5, 0.6) is 0 Å². The van der Waals surface area contributed by atoms with Gasteiger partial charge in [-0.2, -0.15) is 18.2 Å². The molecule has 2 atom stereocenters. The SMILES string of the molecule is O=c1nc(N2CC3CN(Cc4ccc(Br)cc4F)CC3C2)sc2c([N+](=O)[O-])cc(C(F)(F)F)cc12. The maximum absolute atomic E-state index is 14.2. The second-order valence-electron chi connectivity index (χ2n) is 8.78. The van der Waals surface area contributed by atoms with Gasteiger partial charge in [0.2, 0.25) is 0 Å². The zero-order chi connectivity index (χ0) is 25.1. The molecular weight excluding hydrogens is 556 g/mol. The second-order valence-corrected chi connectivity index (χ2v) is 10.7. The molecule has 2 saturated heterocycles. The molecule has 2 aliphatic rings. The fourth-order valence-corrected chi connectivity index (χ4v) is 6.26. The Kier molecular flexibility index (Phi) is 6.04. The van der Waals surface area contributed by atoms with E-state index in [2.05, 4.69) is 25.8 Å². The first-order chi connectivity index (χ1) is 16.5. The van der Waals surface area contributed by atoms with Crippen molar-refractivity contribution in [2.75, 3.05) is 31.1 Å². The van der Waals surface area contributed by atoms with Crippen molar-refractivity contribution in [1.29, 1.82) is 0 Å². The number of nitro groups is 1. The Balaban J connectivity index is 1.37. The summed E-state index contributed by atoms with van der Waals surface area (Å²) in [6.45, 7) is 3.00. The number of anilines is 1. The third kappa shape index (κ3) is 4.64. The number of hydrogen-bond acceptors (Lipinski definition) is 7. The third-order valence-corrected chi connectivity index (χ3v) is 8.11. The predicted molar refractivity (Wildman–Crippen MR) is 126 cm³/mol. The van der Waals surface area contributed by atoms with E-state index < -0.39 is 33.3 Å². The molecule has 13 heteroatoms. The first kappa shape index (κ1) is 24.1. The maximum atomic E-state index is 14.2. The summed E-state index contributed by atoms with van der Waals surface area (Å²) in [5.41, 5.74) is -2.34. The van der Waals surface area contributed by atoms with Gasteiger partial charge in [0.25, 0.3) is 11.2 Å². The van der Waals surface area contributed by atoms with Crippen LogP contribution in [0.15, 0.2) is 39.6 Å². The summed E-state index contributed by atoms with van der Waals surface area (Å²) in [5, 5.41) is 11.3. The van der Waals surface area contributed by atoms with E-state index in [1.54, 1.807) is 12.1 Å². The predicted octanol–water partition coefficient (Wildman–Crippen LogP) is 5.05. The lowest BCUT2D eigenvalue weighted by Gasteiger charge is -2.22. The van der Waals surface area contributed by atoms with Crippen LogP contribution in [-0.4, -0.2) is 41.0 Å². The quantitative estimate of drug-likeness (QED) is 0.247. The molecule has 2 fully saturated rings. The molecule has 2 aromatic carbocycles. The summed E-state index contributed by atoms with van der Waals surface area (Å²) in [4.78, 5) is 31.2. The van der Waals surface area contributed by atoms with Crippen LogP contribution >= 0.6 is 27.3 Å².